The molecule has 0 spiro atoms. The molecule has 0 aliphatic rings. The maximum atomic E-state index is 12.6. The fourth-order valence-corrected chi connectivity index (χ4v) is 4.41. The van der Waals surface area contributed by atoms with Gasteiger partial charge in [0.2, 0.25) is 0 Å². The average Bonchev–Trinajstić information content (AvgIpc) is 3.21. The Morgan fingerprint density at radius 1 is 1.07 bits per heavy atom. The average molecular weight is 412 g/mol. The van der Waals surface area contributed by atoms with Crippen LogP contribution in [0.4, 0.5) is 0 Å². The van der Waals surface area contributed by atoms with Crippen molar-refractivity contribution in [2.24, 2.45) is 26.1 Å². The monoisotopic (exact) mass is 412 g/mol. The van der Waals surface area contributed by atoms with Crippen molar-refractivity contribution < 1.29 is 4.79 Å². The lowest BCUT2D eigenvalue weighted by molar-refractivity contribution is -0.118. The summed E-state index contributed by atoms with van der Waals surface area (Å²) < 4.78 is 6.66. The molecule has 0 unspecified atom stereocenters. The molecule has 0 aliphatic carbocycles. The van der Waals surface area contributed by atoms with Gasteiger partial charge in [0.25, 0.3) is 11.5 Å². The second kappa shape index (κ2) is 6.66. The van der Waals surface area contributed by atoms with E-state index in [9.17, 15) is 14.4 Å². The van der Waals surface area contributed by atoms with E-state index < -0.39 is 17.2 Å². The first kappa shape index (κ1) is 19.1. The van der Waals surface area contributed by atoms with E-state index in [-0.39, 0.29) is 17.7 Å². The minimum atomic E-state index is -0.494. The van der Waals surface area contributed by atoms with E-state index in [0.29, 0.717) is 4.80 Å². The third-order valence-electron chi connectivity index (χ3n) is 5.17. The van der Waals surface area contributed by atoms with Crippen molar-refractivity contribution >= 4 is 38.6 Å². The number of thiazole rings is 1. The van der Waals surface area contributed by atoms with Crippen molar-refractivity contribution in [3.8, 4) is 0 Å². The largest absolute Gasteiger partial charge is 0.332 e. The third-order valence-corrected chi connectivity index (χ3v) is 6.26. The number of benzene rings is 1. The van der Waals surface area contributed by atoms with Gasteiger partial charge in [-0.3, -0.25) is 18.7 Å². The molecule has 10 heteroatoms. The molecule has 9 nitrogen and oxygen atoms in total. The number of carbonyl (C=O) groups is 1. The van der Waals surface area contributed by atoms with Gasteiger partial charge in [-0.2, -0.15) is 4.99 Å². The topological polar surface area (TPSA) is 96.2 Å². The number of nitrogens with zero attached hydrogens (tertiary/aromatic N) is 6. The van der Waals surface area contributed by atoms with Crippen molar-refractivity contribution in [3.05, 3.63) is 55.2 Å². The SMILES string of the molecule is Cc1cc2sc(=NC(=O)Cn3cnc4c3c(=O)n(C)c(=O)n4C)n(C)c2cc1C. The van der Waals surface area contributed by atoms with E-state index in [2.05, 4.69) is 29.0 Å². The van der Waals surface area contributed by atoms with Crippen molar-refractivity contribution in [1.82, 2.24) is 23.3 Å². The van der Waals surface area contributed by atoms with E-state index in [1.807, 2.05) is 18.5 Å². The molecule has 150 valence electrons. The first-order valence-corrected chi connectivity index (χ1v) is 9.76. The van der Waals surface area contributed by atoms with Crippen LogP contribution in [0, 0.1) is 13.8 Å². The molecule has 29 heavy (non-hydrogen) atoms. The van der Waals surface area contributed by atoms with Gasteiger partial charge in [-0.25, -0.2) is 9.78 Å². The van der Waals surface area contributed by atoms with Crippen LogP contribution in [-0.2, 0) is 32.5 Å². The lowest BCUT2D eigenvalue weighted by atomic mass is 10.1. The van der Waals surface area contributed by atoms with Crippen LogP contribution in [-0.4, -0.2) is 29.2 Å². The summed E-state index contributed by atoms with van der Waals surface area (Å²) in [6, 6.07) is 4.17. The Morgan fingerprint density at radius 3 is 2.48 bits per heavy atom. The molecule has 3 heterocycles. The van der Waals surface area contributed by atoms with Crippen molar-refractivity contribution in [2.45, 2.75) is 20.4 Å². The Balaban J connectivity index is 1.78. The third kappa shape index (κ3) is 2.96. The van der Waals surface area contributed by atoms with E-state index in [1.165, 1.54) is 52.0 Å². The molecule has 4 rings (SSSR count). The Hall–Kier alpha value is -3.27. The van der Waals surface area contributed by atoms with Gasteiger partial charge in [0.15, 0.2) is 16.0 Å². The Morgan fingerprint density at radius 2 is 1.76 bits per heavy atom. The number of aryl methyl sites for hydroxylation is 4. The summed E-state index contributed by atoms with van der Waals surface area (Å²) >= 11 is 1.44. The highest BCUT2D eigenvalue weighted by Crippen LogP contribution is 2.21. The van der Waals surface area contributed by atoms with Gasteiger partial charge < -0.3 is 9.13 Å². The zero-order valence-electron chi connectivity index (χ0n) is 16.8. The van der Waals surface area contributed by atoms with Gasteiger partial charge in [0.1, 0.15) is 6.54 Å². The smallest absolute Gasteiger partial charge is 0.319 e. The summed E-state index contributed by atoms with van der Waals surface area (Å²) in [5, 5.41) is 0. The molecule has 1 amide bonds. The van der Waals surface area contributed by atoms with Crippen molar-refractivity contribution in [3.63, 3.8) is 0 Å². The van der Waals surface area contributed by atoms with Crippen LogP contribution in [0.25, 0.3) is 21.4 Å². The van der Waals surface area contributed by atoms with Crippen molar-refractivity contribution in [2.75, 3.05) is 0 Å². The molecule has 0 saturated carbocycles. The van der Waals surface area contributed by atoms with E-state index in [4.69, 9.17) is 0 Å². The Kier molecular flexibility index (Phi) is 4.38. The molecular weight excluding hydrogens is 392 g/mol. The van der Waals surface area contributed by atoms with E-state index in [0.717, 1.165) is 14.8 Å². The van der Waals surface area contributed by atoms with Crippen LogP contribution in [0.1, 0.15) is 11.1 Å². The van der Waals surface area contributed by atoms with Crippen LogP contribution in [0.3, 0.4) is 0 Å². The quantitative estimate of drug-likeness (QED) is 0.485. The highest BCUT2D eigenvalue weighted by molar-refractivity contribution is 7.16. The minimum Gasteiger partial charge on any atom is -0.319 e. The summed E-state index contributed by atoms with van der Waals surface area (Å²) in [6.45, 7) is 3.96. The lowest BCUT2D eigenvalue weighted by Gasteiger charge is -2.05. The van der Waals surface area contributed by atoms with Gasteiger partial charge in [-0.15, -0.1) is 0 Å². The first-order chi connectivity index (χ1) is 13.7. The minimum absolute atomic E-state index is 0.143. The van der Waals surface area contributed by atoms with Crippen molar-refractivity contribution in [1.29, 1.82) is 0 Å². The number of carbonyl (C=O) groups excluding carboxylic acids is 1. The fraction of sp³-hybridized carbons (Fsp3) is 0.316. The summed E-state index contributed by atoms with van der Waals surface area (Å²) in [5.41, 5.74) is 2.85. The molecule has 1 aromatic carbocycles. The maximum Gasteiger partial charge on any atom is 0.332 e. The molecule has 0 bridgehead atoms. The second-order valence-electron chi connectivity index (χ2n) is 7.10. The molecule has 0 fully saturated rings. The molecule has 4 aromatic rings. The second-order valence-corrected chi connectivity index (χ2v) is 8.11. The van der Waals surface area contributed by atoms with Gasteiger partial charge in [0, 0.05) is 21.1 Å². The zero-order chi connectivity index (χ0) is 21.0. The van der Waals surface area contributed by atoms with Gasteiger partial charge in [-0.05, 0) is 37.1 Å². The molecule has 3 aromatic heterocycles. The van der Waals surface area contributed by atoms with E-state index >= 15 is 0 Å². The van der Waals surface area contributed by atoms with Crippen LogP contribution in [0.5, 0.6) is 0 Å². The maximum absolute atomic E-state index is 12.6. The Bertz CT molecular complexity index is 1490. The van der Waals surface area contributed by atoms with Crippen LogP contribution in [0.15, 0.2) is 33.0 Å². The molecule has 0 saturated heterocycles. The predicted octanol–water partition coefficient (Wildman–Crippen LogP) is 0.731. The number of rotatable bonds is 2. The predicted molar refractivity (Wildman–Crippen MR) is 111 cm³/mol. The molecule has 0 aliphatic heterocycles. The summed E-state index contributed by atoms with van der Waals surface area (Å²) in [5.74, 6) is -0.407. The van der Waals surface area contributed by atoms with Gasteiger partial charge in [-0.1, -0.05) is 11.3 Å². The number of amides is 1. The molecule has 0 radical (unpaired) electrons. The summed E-state index contributed by atoms with van der Waals surface area (Å²) in [7, 11) is 4.81. The molecule has 0 atom stereocenters. The number of hydrogen-bond donors (Lipinski definition) is 0. The first-order valence-electron chi connectivity index (χ1n) is 8.94. The van der Waals surface area contributed by atoms with Crippen LogP contribution in [0.2, 0.25) is 0 Å². The van der Waals surface area contributed by atoms with Crippen LogP contribution >= 0.6 is 11.3 Å². The highest BCUT2D eigenvalue weighted by Gasteiger charge is 2.16. The van der Waals surface area contributed by atoms with E-state index in [1.54, 1.807) is 0 Å². The molecule has 0 N–H and O–H groups in total. The summed E-state index contributed by atoms with van der Waals surface area (Å²) in [4.78, 5) is 46.1. The number of fused-ring (bicyclic) bond motifs is 2. The number of imidazole rings is 1. The zero-order valence-corrected chi connectivity index (χ0v) is 17.6. The standard InChI is InChI=1S/C19H20N6O3S/c1-10-6-12-13(7-11(10)2)29-18(22(12)3)21-14(26)8-25-9-20-16-15(25)17(27)24(5)19(28)23(16)4/h6-7,9H,8H2,1-5H3. The van der Waals surface area contributed by atoms with Crippen LogP contribution < -0.4 is 16.1 Å². The lowest BCUT2D eigenvalue weighted by Crippen LogP contribution is -2.37. The molecular formula is C19H20N6O3S. The fourth-order valence-electron chi connectivity index (χ4n) is 3.29. The normalized spacial score (nSPS) is 12.4. The van der Waals surface area contributed by atoms with Gasteiger partial charge >= 0.3 is 5.69 Å². The number of hydrogen-bond acceptors (Lipinski definition) is 5. The Labute approximate surface area is 168 Å². The number of aromatic nitrogens is 5. The highest BCUT2D eigenvalue weighted by atomic mass is 32.1. The van der Waals surface area contributed by atoms with Gasteiger partial charge in [0.05, 0.1) is 16.5 Å². The summed E-state index contributed by atoms with van der Waals surface area (Å²) in [6.07, 6.45) is 1.39.